The number of imide groups is 1. The number of amides is 3. The van der Waals surface area contributed by atoms with Crippen molar-refractivity contribution in [2.45, 2.75) is 43.9 Å². The molecule has 0 radical (unpaired) electrons. The fourth-order valence-electron chi connectivity index (χ4n) is 3.93. The molecule has 0 saturated heterocycles. The lowest BCUT2D eigenvalue weighted by atomic mass is 9.93. The van der Waals surface area contributed by atoms with Crippen molar-refractivity contribution in [1.82, 2.24) is 0 Å². The Morgan fingerprint density at radius 3 is 2.26 bits per heavy atom. The summed E-state index contributed by atoms with van der Waals surface area (Å²) in [5.74, 6) is -2.26. The summed E-state index contributed by atoms with van der Waals surface area (Å²) < 4.78 is 27.1. The van der Waals surface area contributed by atoms with Crippen LogP contribution in [0.2, 0.25) is 0 Å². The van der Waals surface area contributed by atoms with Gasteiger partial charge in [-0.1, -0.05) is 6.92 Å². The molecule has 142 valence electrons. The molecule has 6 nitrogen and oxygen atoms in total. The van der Waals surface area contributed by atoms with Crippen LogP contribution in [0.1, 0.15) is 39.0 Å². The predicted molar refractivity (Wildman–Crippen MR) is 98.3 cm³/mol. The molecular formula is C19H19FN2O4S. The standard InChI is InChI=1S/C19H19FN2O4S/c1-2-7-21-15-9-14(13(20)8-16(15)27(26)10-17(21)23)22-18(24)11-5-3-4-6-12(11)19(22)25/h8-9H,2-7,10H2,1H3. The molecule has 3 aliphatic rings. The average Bonchev–Trinajstić information content (AvgIpc) is 2.90. The molecule has 2 aliphatic heterocycles. The molecule has 8 heteroatoms. The van der Waals surface area contributed by atoms with Crippen LogP contribution < -0.4 is 9.80 Å². The third-order valence-electron chi connectivity index (χ3n) is 5.20. The van der Waals surface area contributed by atoms with Gasteiger partial charge in [-0.05, 0) is 44.2 Å². The van der Waals surface area contributed by atoms with E-state index >= 15 is 0 Å². The molecular weight excluding hydrogens is 371 g/mol. The van der Waals surface area contributed by atoms with Crippen molar-refractivity contribution in [3.63, 3.8) is 0 Å². The van der Waals surface area contributed by atoms with E-state index in [1.165, 1.54) is 11.0 Å². The average molecular weight is 390 g/mol. The third kappa shape index (κ3) is 2.74. The van der Waals surface area contributed by atoms with Crippen LogP contribution in [0.25, 0.3) is 0 Å². The van der Waals surface area contributed by atoms with Gasteiger partial charge >= 0.3 is 0 Å². The number of carbonyl (C=O) groups excluding carboxylic acids is 3. The monoisotopic (exact) mass is 390 g/mol. The molecule has 0 bridgehead atoms. The summed E-state index contributed by atoms with van der Waals surface area (Å²) in [7, 11) is -1.64. The Bertz CT molecular complexity index is 912. The van der Waals surface area contributed by atoms with Crippen LogP contribution in [0.4, 0.5) is 15.8 Å². The van der Waals surface area contributed by atoms with Crippen molar-refractivity contribution < 1.29 is 23.0 Å². The number of anilines is 2. The molecule has 1 unspecified atom stereocenters. The Morgan fingerprint density at radius 2 is 1.67 bits per heavy atom. The molecule has 1 aromatic carbocycles. The fraction of sp³-hybridized carbons (Fsp3) is 0.421. The minimum absolute atomic E-state index is 0.175. The van der Waals surface area contributed by atoms with Gasteiger partial charge in [0.25, 0.3) is 11.8 Å². The number of halogens is 1. The molecule has 0 spiro atoms. The lowest BCUT2D eigenvalue weighted by Gasteiger charge is -2.30. The molecule has 2 heterocycles. The van der Waals surface area contributed by atoms with Gasteiger partial charge < -0.3 is 4.90 Å². The lowest BCUT2D eigenvalue weighted by molar-refractivity contribution is -0.121. The summed E-state index contributed by atoms with van der Waals surface area (Å²) in [6.07, 6.45) is 3.37. The van der Waals surface area contributed by atoms with E-state index in [9.17, 15) is 23.0 Å². The van der Waals surface area contributed by atoms with Crippen molar-refractivity contribution in [3.05, 3.63) is 29.1 Å². The summed E-state index contributed by atoms with van der Waals surface area (Å²) in [6, 6.07) is 2.41. The zero-order valence-corrected chi connectivity index (χ0v) is 15.7. The molecule has 0 fully saturated rings. The van der Waals surface area contributed by atoms with Gasteiger partial charge in [0.1, 0.15) is 11.6 Å². The van der Waals surface area contributed by atoms with Gasteiger partial charge in [0.05, 0.1) is 27.1 Å². The van der Waals surface area contributed by atoms with Crippen LogP contribution in [0.15, 0.2) is 28.2 Å². The molecule has 3 amide bonds. The number of hydrogen-bond acceptors (Lipinski definition) is 4. The van der Waals surface area contributed by atoms with Crippen LogP contribution in [0, 0.1) is 5.82 Å². The molecule has 0 saturated carbocycles. The van der Waals surface area contributed by atoms with Crippen molar-refractivity contribution in [3.8, 4) is 0 Å². The molecule has 0 aromatic heterocycles. The first-order valence-electron chi connectivity index (χ1n) is 9.07. The minimum atomic E-state index is -1.64. The van der Waals surface area contributed by atoms with E-state index < -0.39 is 28.4 Å². The highest BCUT2D eigenvalue weighted by Gasteiger charge is 2.42. The van der Waals surface area contributed by atoms with E-state index in [4.69, 9.17) is 0 Å². The first-order chi connectivity index (χ1) is 12.9. The number of benzene rings is 1. The number of nitrogens with zero attached hydrogens (tertiary/aromatic N) is 2. The van der Waals surface area contributed by atoms with E-state index in [1.54, 1.807) is 0 Å². The van der Waals surface area contributed by atoms with Gasteiger partial charge in [0.2, 0.25) is 5.91 Å². The number of rotatable bonds is 3. The van der Waals surface area contributed by atoms with Crippen LogP contribution >= 0.6 is 0 Å². The maximum Gasteiger partial charge on any atom is 0.261 e. The minimum Gasteiger partial charge on any atom is -0.310 e. The highest BCUT2D eigenvalue weighted by atomic mass is 32.2. The van der Waals surface area contributed by atoms with Gasteiger partial charge in [-0.15, -0.1) is 0 Å². The predicted octanol–water partition coefficient (Wildman–Crippen LogP) is 2.43. The van der Waals surface area contributed by atoms with E-state index in [0.717, 1.165) is 23.8 Å². The van der Waals surface area contributed by atoms with Crippen molar-refractivity contribution in [2.24, 2.45) is 0 Å². The second kappa shape index (κ2) is 6.67. The van der Waals surface area contributed by atoms with E-state index in [0.29, 0.717) is 42.6 Å². The van der Waals surface area contributed by atoms with E-state index in [-0.39, 0.29) is 22.2 Å². The second-order valence-corrected chi connectivity index (χ2v) is 8.34. The van der Waals surface area contributed by atoms with Gasteiger partial charge in [0, 0.05) is 17.7 Å². The second-order valence-electron chi connectivity index (χ2n) is 6.92. The normalized spacial score (nSPS) is 22.4. The first-order valence-corrected chi connectivity index (χ1v) is 10.4. The Balaban J connectivity index is 1.82. The summed E-state index contributed by atoms with van der Waals surface area (Å²) >= 11 is 0. The summed E-state index contributed by atoms with van der Waals surface area (Å²) in [4.78, 5) is 40.3. The van der Waals surface area contributed by atoms with Gasteiger partial charge in [0.15, 0.2) is 0 Å². The molecule has 27 heavy (non-hydrogen) atoms. The Morgan fingerprint density at radius 1 is 1.04 bits per heavy atom. The lowest BCUT2D eigenvalue weighted by Crippen LogP contribution is -2.40. The molecule has 1 aromatic rings. The molecule has 4 rings (SSSR count). The van der Waals surface area contributed by atoms with Gasteiger partial charge in [-0.25, -0.2) is 9.29 Å². The number of carbonyl (C=O) groups is 3. The first kappa shape index (κ1) is 18.0. The zero-order valence-electron chi connectivity index (χ0n) is 14.9. The third-order valence-corrected chi connectivity index (χ3v) is 6.53. The smallest absolute Gasteiger partial charge is 0.261 e. The largest absolute Gasteiger partial charge is 0.310 e. The quantitative estimate of drug-likeness (QED) is 0.743. The van der Waals surface area contributed by atoms with Crippen LogP contribution in [0.5, 0.6) is 0 Å². The molecule has 1 atom stereocenters. The van der Waals surface area contributed by atoms with Gasteiger partial charge in [-0.3, -0.25) is 18.6 Å². The van der Waals surface area contributed by atoms with Crippen LogP contribution in [-0.4, -0.2) is 34.2 Å². The Hall–Kier alpha value is -2.35. The van der Waals surface area contributed by atoms with E-state index in [1.807, 2.05) is 6.92 Å². The Kier molecular flexibility index (Phi) is 4.46. The van der Waals surface area contributed by atoms with Crippen molar-refractivity contribution in [1.29, 1.82) is 0 Å². The zero-order chi connectivity index (χ0) is 19.3. The number of fused-ring (bicyclic) bond motifs is 1. The summed E-state index contributed by atoms with van der Waals surface area (Å²) in [5, 5.41) is 0. The highest BCUT2D eigenvalue weighted by Crippen LogP contribution is 2.40. The van der Waals surface area contributed by atoms with Crippen molar-refractivity contribution >= 4 is 39.9 Å². The topological polar surface area (TPSA) is 74.8 Å². The van der Waals surface area contributed by atoms with Gasteiger partial charge in [-0.2, -0.15) is 0 Å². The molecule has 1 aliphatic carbocycles. The fourth-order valence-corrected chi connectivity index (χ4v) is 5.10. The highest BCUT2D eigenvalue weighted by molar-refractivity contribution is 7.86. The summed E-state index contributed by atoms with van der Waals surface area (Å²) in [6.45, 7) is 2.29. The van der Waals surface area contributed by atoms with Crippen LogP contribution in [-0.2, 0) is 25.2 Å². The summed E-state index contributed by atoms with van der Waals surface area (Å²) in [5.41, 5.74) is 1.07. The molecule has 0 N–H and O–H groups in total. The van der Waals surface area contributed by atoms with E-state index in [2.05, 4.69) is 0 Å². The SMILES string of the molecule is CCCN1C(=O)CS(=O)c2cc(F)c(N3C(=O)C4=C(CCCC4)C3=O)cc21. The van der Waals surface area contributed by atoms with Crippen LogP contribution in [0.3, 0.4) is 0 Å². The maximum absolute atomic E-state index is 14.8. The number of hydrogen-bond donors (Lipinski definition) is 0. The maximum atomic E-state index is 14.8. The Labute approximate surface area is 158 Å². The van der Waals surface area contributed by atoms with Crippen molar-refractivity contribution in [2.75, 3.05) is 22.1 Å².